The molecule has 0 aromatic heterocycles. The molecule has 0 fully saturated rings. The molecule has 0 bridgehead atoms. The molecule has 0 N–H and O–H groups in total. The van der Waals surface area contributed by atoms with Crippen LogP contribution in [0.25, 0.3) is 0 Å². The van der Waals surface area contributed by atoms with Gasteiger partial charge in [-0.3, -0.25) is 0 Å². The second-order valence-electron chi connectivity index (χ2n) is 2.39. The molecule has 1 aromatic carbocycles. The standard InChI is InChI=1S/C9H8BrFO2/c10-8(11)9(12)13-6-7-4-2-1-3-5-7/h1-5,8H,6H2/t8-/m0/s1. The highest BCUT2D eigenvalue weighted by molar-refractivity contribution is 9.09. The highest BCUT2D eigenvalue weighted by Gasteiger charge is 2.13. The number of halogens is 2. The van der Waals surface area contributed by atoms with Crippen LogP contribution in [-0.2, 0) is 16.1 Å². The van der Waals surface area contributed by atoms with Gasteiger partial charge in [0.2, 0.25) is 0 Å². The third kappa shape index (κ3) is 3.55. The number of alkyl halides is 2. The van der Waals surface area contributed by atoms with E-state index in [4.69, 9.17) is 0 Å². The normalized spacial score (nSPS) is 12.2. The number of esters is 1. The van der Waals surface area contributed by atoms with Gasteiger partial charge in [-0.1, -0.05) is 30.3 Å². The first kappa shape index (κ1) is 10.2. The molecule has 13 heavy (non-hydrogen) atoms. The van der Waals surface area contributed by atoms with Crippen molar-refractivity contribution in [3.63, 3.8) is 0 Å². The first-order valence-electron chi connectivity index (χ1n) is 3.69. The zero-order chi connectivity index (χ0) is 9.68. The van der Waals surface area contributed by atoms with Gasteiger partial charge >= 0.3 is 5.97 Å². The molecule has 0 unspecified atom stereocenters. The van der Waals surface area contributed by atoms with Crippen molar-refractivity contribution in [3.05, 3.63) is 35.9 Å². The Bertz CT molecular complexity index is 274. The second kappa shape index (κ2) is 4.97. The summed E-state index contributed by atoms with van der Waals surface area (Å²) in [7, 11) is 0. The van der Waals surface area contributed by atoms with Crippen LogP contribution in [-0.4, -0.2) is 11.1 Å². The van der Waals surface area contributed by atoms with Gasteiger partial charge < -0.3 is 4.74 Å². The van der Waals surface area contributed by atoms with Crippen molar-refractivity contribution in [2.24, 2.45) is 0 Å². The van der Waals surface area contributed by atoms with Crippen molar-refractivity contribution in [1.29, 1.82) is 0 Å². The summed E-state index contributed by atoms with van der Waals surface area (Å²) in [6, 6.07) is 9.10. The molecular weight excluding hydrogens is 239 g/mol. The van der Waals surface area contributed by atoms with Gasteiger partial charge in [-0.25, -0.2) is 9.18 Å². The van der Waals surface area contributed by atoms with Crippen LogP contribution in [0, 0.1) is 0 Å². The fourth-order valence-corrected chi connectivity index (χ4v) is 0.924. The molecule has 0 aliphatic rings. The minimum atomic E-state index is -1.74. The molecule has 4 heteroatoms. The van der Waals surface area contributed by atoms with Crippen molar-refractivity contribution in [3.8, 4) is 0 Å². The molecule has 1 atom stereocenters. The topological polar surface area (TPSA) is 26.3 Å². The predicted octanol–water partition coefficient (Wildman–Crippen LogP) is 2.42. The summed E-state index contributed by atoms with van der Waals surface area (Å²) in [4.78, 5) is 10.7. The molecule has 1 rings (SSSR count). The zero-order valence-electron chi connectivity index (χ0n) is 6.74. The van der Waals surface area contributed by atoms with Crippen molar-refractivity contribution < 1.29 is 13.9 Å². The largest absolute Gasteiger partial charge is 0.458 e. The number of carbonyl (C=O) groups is 1. The fourth-order valence-electron chi connectivity index (χ4n) is 0.792. The van der Waals surface area contributed by atoms with Crippen molar-refractivity contribution in [2.45, 2.75) is 11.7 Å². The first-order chi connectivity index (χ1) is 6.20. The highest BCUT2D eigenvalue weighted by Crippen LogP contribution is 2.06. The Morgan fingerprint density at radius 2 is 2.08 bits per heavy atom. The molecule has 0 saturated carbocycles. The van der Waals surface area contributed by atoms with Crippen LogP contribution in [0.5, 0.6) is 0 Å². The van der Waals surface area contributed by atoms with Crippen LogP contribution in [0.2, 0.25) is 0 Å². The van der Waals surface area contributed by atoms with Crippen LogP contribution in [0.3, 0.4) is 0 Å². The summed E-state index contributed by atoms with van der Waals surface area (Å²) in [6.07, 6.45) is 0. The van der Waals surface area contributed by atoms with Gasteiger partial charge in [0.25, 0.3) is 5.08 Å². The lowest BCUT2D eigenvalue weighted by molar-refractivity contribution is -0.147. The summed E-state index contributed by atoms with van der Waals surface area (Å²) < 4.78 is 16.9. The number of rotatable bonds is 3. The van der Waals surface area contributed by atoms with E-state index in [1.165, 1.54) is 0 Å². The maximum atomic E-state index is 12.2. The van der Waals surface area contributed by atoms with E-state index < -0.39 is 11.1 Å². The van der Waals surface area contributed by atoms with Crippen LogP contribution in [0.15, 0.2) is 30.3 Å². The molecule has 0 saturated heterocycles. The first-order valence-corrected chi connectivity index (χ1v) is 4.60. The van der Waals surface area contributed by atoms with E-state index in [-0.39, 0.29) is 6.61 Å². The summed E-state index contributed by atoms with van der Waals surface area (Å²) in [6.45, 7) is 0.103. The van der Waals surface area contributed by atoms with E-state index in [0.717, 1.165) is 5.56 Å². The molecule has 0 aliphatic carbocycles. The SMILES string of the molecule is O=C(OCc1ccccc1)[C@H](F)Br. The summed E-state index contributed by atoms with van der Waals surface area (Å²) in [5.74, 6) is -0.899. The fraction of sp³-hybridized carbons (Fsp3) is 0.222. The lowest BCUT2D eigenvalue weighted by atomic mass is 10.2. The lowest BCUT2D eigenvalue weighted by Gasteiger charge is -2.03. The van der Waals surface area contributed by atoms with Crippen LogP contribution < -0.4 is 0 Å². The van der Waals surface area contributed by atoms with E-state index in [1.54, 1.807) is 12.1 Å². The highest BCUT2D eigenvalue weighted by atomic mass is 79.9. The summed E-state index contributed by atoms with van der Waals surface area (Å²) >= 11 is 2.47. The molecule has 0 spiro atoms. The Kier molecular flexibility index (Phi) is 3.89. The third-order valence-corrected chi connectivity index (χ3v) is 1.78. The monoisotopic (exact) mass is 246 g/mol. The second-order valence-corrected chi connectivity index (χ2v) is 3.20. The van der Waals surface area contributed by atoms with Crippen LogP contribution >= 0.6 is 15.9 Å². The number of ether oxygens (including phenoxy) is 1. The molecule has 0 amide bonds. The van der Waals surface area contributed by atoms with Gasteiger partial charge in [-0.05, 0) is 21.5 Å². The van der Waals surface area contributed by atoms with Gasteiger partial charge in [0.05, 0.1) is 0 Å². The Hall–Kier alpha value is -0.900. The van der Waals surface area contributed by atoms with E-state index >= 15 is 0 Å². The smallest absolute Gasteiger partial charge is 0.352 e. The minimum Gasteiger partial charge on any atom is -0.458 e. The average molecular weight is 247 g/mol. The Labute approximate surface area is 83.8 Å². The quantitative estimate of drug-likeness (QED) is 0.605. The molecule has 70 valence electrons. The molecule has 0 aliphatic heterocycles. The van der Waals surface area contributed by atoms with Crippen LogP contribution in [0.1, 0.15) is 5.56 Å². The van der Waals surface area contributed by atoms with E-state index in [0.29, 0.717) is 0 Å². The van der Waals surface area contributed by atoms with Gasteiger partial charge in [0.1, 0.15) is 6.61 Å². The maximum Gasteiger partial charge on any atom is 0.352 e. The molecule has 1 aromatic rings. The van der Waals surface area contributed by atoms with E-state index in [9.17, 15) is 9.18 Å². The maximum absolute atomic E-state index is 12.2. The van der Waals surface area contributed by atoms with Crippen LogP contribution in [0.4, 0.5) is 4.39 Å². The van der Waals surface area contributed by atoms with E-state index in [2.05, 4.69) is 20.7 Å². The predicted molar refractivity (Wildman–Crippen MR) is 50.1 cm³/mol. The number of hydrogen-bond donors (Lipinski definition) is 0. The van der Waals surface area contributed by atoms with Gasteiger partial charge in [-0.2, -0.15) is 0 Å². The number of carbonyl (C=O) groups excluding carboxylic acids is 1. The zero-order valence-corrected chi connectivity index (χ0v) is 8.33. The van der Waals surface area contributed by atoms with Gasteiger partial charge in [0.15, 0.2) is 0 Å². The molecule has 2 nitrogen and oxygen atoms in total. The molecular formula is C9H8BrFO2. The average Bonchev–Trinajstić information content (AvgIpc) is 2.15. The van der Waals surface area contributed by atoms with Crippen molar-refractivity contribution in [2.75, 3.05) is 0 Å². The van der Waals surface area contributed by atoms with E-state index in [1.807, 2.05) is 18.2 Å². The molecule has 0 heterocycles. The van der Waals surface area contributed by atoms with Crippen molar-refractivity contribution in [1.82, 2.24) is 0 Å². The summed E-state index contributed by atoms with van der Waals surface area (Å²) in [5.41, 5.74) is 0.837. The Morgan fingerprint density at radius 1 is 1.46 bits per heavy atom. The van der Waals surface area contributed by atoms with Gasteiger partial charge in [-0.15, -0.1) is 0 Å². The summed E-state index contributed by atoms with van der Waals surface area (Å²) in [5, 5.41) is -1.74. The molecule has 0 radical (unpaired) electrons. The van der Waals surface area contributed by atoms with Gasteiger partial charge in [0, 0.05) is 0 Å². The number of benzene rings is 1. The lowest BCUT2D eigenvalue weighted by Crippen LogP contribution is -2.12. The Morgan fingerprint density at radius 3 is 2.62 bits per heavy atom. The number of hydrogen-bond acceptors (Lipinski definition) is 2. The Balaban J connectivity index is 2.40. The van der Waals surface area contributed by atoms with Crippen molar-refractivity contribution >= 4 is 21.9 Å². The third-order valence-electron chi connectivity index (χ3n) is 1.40. The minimum absolute atomic E-state index is 0.103.